The molecule has 0 bridgehead atoms. The molecular formula is C23H29F3N6O3S. The number of rotatable bonds is 9. The zero-order chi connectivity index (χ0) is 26.7. The molecule has 1 amide bonds. The molecule has 2 fully saturated rings. The maximum Gasteiger partial charge on any atom is 0.501 e. The van der Waals surface area contributed by atoms with Gasteiger partial charge in [0.05, 0.1) is 28.1 Å². The number of primary amides is 1. The summed E-state index contributed by atoms with van der Waals surface area (Å²) in [5.74, 6) is -0.824. The molecule has 36 heavy (non-hydrogen) atoms. The number of hydrogen-bond acceptors (Lipinski definition) is 7. The van der Waals surface area contributed by atoms with Crippen molar-refractivity contribution in [3.05, 3.63) is 36.0 Å². The Labute approximate surface area is 207 Å². The van der Waals surface area contributed by atoms with Gasteiger partial charge in [-0.25, -0.2) is 13.4 Å². The number of hydrogen-bond donors (Lipinski definition) is 4. The third-order valence-electron chi connectivity index (χ3n) is 6.53. The number of aliphatic imine (C=N–C) groups is 1. The monoisotopic (exact) mass is 526 g/mol. The summed E-state index contributed by atoms with van der Waals surface area (Å²) < 4.78 is 61.1. The van der Waals surface area contributed by atoms with Crippen LogP contribution in [0.1, 0.15) is 39.0 Å². The Morgan fingerprint density at radius 3 is 2.36 bits per heavy atom. The number of nitrogens with one attached hydrogen (secondary N) is 2. The number of benzene rings is 1. The van der Waals surface area contributed by atoms with Crippen molar-refractivity contribution in [1.29, 1.82) is 5.26 Å². The van der Waals surface area contributed by atoms with Crippen LogP contribution in [-0.2, 0) is 14.6 Å². The van der Waals surface area contributed by atoms with Gasteiger partial charge < -0.3 is 22.1 Å². The van der Waals surface area contributed by atoms with E-state index in [0.717, 1.165) is 30.7 Å². The number of nitriles is 1. The van der Waals surface area contributed by atoms with E-state index in [1.54, 1.807) is 0 Å². The Morgan fingerprint density at radius 2 is 1.83 bits per heavy atom. The number of carbonyl (C=O) groups is 1. The number of amidine groups is 1. The standard InChI is InChI=1S/C23H29F3N6O3S/c1-13(14-2-3-14)31-17-6-9-20(15(10-17)11-27)30-12-19(22(29)33)21(28)32-16-4-7-18(8-5-16)36(34,35)23(24,25)26/h4-5,7-8,12-15,17,20,30-31H,2-3,6,9-10H2,1H3,(H2,28,32)(H2,29,33)/b19-12+/t13-,15-,17+,20+/m1/s1. The molecule has 13 heteroatoms. The maximum atomic E-state index is 12.7. The molecule has 0 unspecified atom stereocenters. The van der Waals surface area contributed by atoms with Gasteiger partial charge in [-0.3, -0.25) is 4.79 Å². The molecular weight excluding hydrogens is 497 g/mol. The fraction of sp³-hybridized carbons (Fsp3) is 0.522. The van der Waals surface area contributed by atoms with Gasteiger partial charge >= 0.3 is 5.51 Å². The molecule has 0 aromatic heterocycles. The van der Waals surface area contributed by atoms with Crippen molar-refractivity contribution < 1.29 is 26.4 Å². The van der Waals surface area contributed by atoms with Crippen LogP contribution in [0.5, 0.6) is 0 Å². The second-order valence-corrected chi connectivity index (χ2v) is 11.1. The highest BCUT2D eigenvalue weighted by atomic mass is 32.2. The van der Waals surface area contributed by atoms with Crippen molar-refractivity contribution in [3.63, 3.8) is 0 Å². The van der Waals surface area contributed by atoms with E-state index >= 15 is 0 Å². The van der Waals surface area contributed by atoms with Crippen molar-refractivity contribution in [3.8, 4) is 6.07 Å². The van der Waals surface area contributed by atoms with Gasteiger partial charge in [0, 0.05) is 24.3 Å². The van der Waals surface area contributed by atoms with Gasteiger partial charge in [-0.2, -0.15) is 18.4 Å². The fourth-order valence-corrected chi connectivity index (χ4v) is 5.02. The molecule has 0 saturated heterocycles. The number of carbonyl (C=O) groups excluding carboxylic acids is 1. The summed E-state index contributed by atoms with van der Waals surface area (Å²) in [6, 6.07) is 6.27. The van der Waals surface area contributed by atoms with Gasteiger partial charge in [0.1, 0.15) is 5.84 Å². The molecule has 0 spiro atoms. The Bertz CT molecular complexity index is 1170. The number of amides is 1. The molecule has 0 radical (unpaired) electrons. The van der Waals surface area contributed by atoms with E-state index in [1.165, 1.54) is 19.0 Å². The summed E-state index contributed by atoms with van der Waals surface area (Å²) >= 11 is 0. The molecule has 2 aliphatic carbocycles. The first-order chi connectivity index (χ1) is 16.8. The predicted molar refractivity (Wildman–Crippen MR) is 127 cm³/mol. The van der Waals surface area contributed by atoms with Gasteiger partial charge in [-0.1, -0.05) is 0 Å². The second kappa shape index (κ2) is 10.9. The van der Waals surface area contributed by atoms with E-state index in [-0.39, 0.29) is 35.1 Å². The van der Waals surface area contributed by atoms with Gasteiger partial charge in [0.25, 0.3) is 15.7 Å². The number of nitrogens with zero attached hydrogens (tertiary/aromatic N) is 2. The van der Waals surface area contributed by atoms with Crippen LogP contribution in [-0.4, -0.2) is 43.8 Å². The number of alkyl halides is 3. The second-order valence-electron chi connectivity index (χ2n) is 9.17. The SMILES string of the molecule is C[C@@H](N[C@H]1CC[C@H](N/C=C(/C(N)=O)C(N)=Nc2ccc(S(=O)(=O)C(F)(F)F)cc2)[C@@H](C#N)C1)C1CC1. The Kier molecular flexibility index (Phi) is 8.30. The highest BCUT2D eigenvalue weighted by Gasteiger charge is 2.46. The van der Waals surface area contributed by atoms with Crippen molar-refractivity contribution in [2.75, 3.05) is 0 Å². The first-order valence-corrected chi connectivity index (χ1v) is 13.0. The lowest BCUT2D eigenvalue weighted by molar-refractivity contribution is -0.114. The third-order valence-corrected chi connectivity index (χ3v) is 8.03. The number of sulfone groups is 1. The van der Waals surface area contributed by atoms with Gasteiger partial charge in [-0.05, 0) is 69.2 Å². The minimum atomic E-state index is -5.50. The molecule has 9 nitrogen and oxygen atoms in total. The maximum absolute atomic E-state index is 12.7. The summed E-state index contributed by atoms with van der Waals surface area (Å²) in [5.41, 5.74) is 5.74. The zero-order valence-electron chi connectivity index (χ0n) is 19.6. The molecule has 2 saturated carbocycles. The lowest BCUT2D eigenvalue weighted by Gasteiger charge is -2.35. The summed E-state index contributed by atoms with van der Waals surface area (Å²) in [6.45, 7) is 2.16. The molecule has 4 atom stereocenters. The smallest absolute Gasteiger partial charge is 0.386 e. The molecule has 196 valence electrons. The molecule has 0 aliphatic heterocycles. The molecule has 3 rings (SSSR count). The zero-order valence-corrected chi connectivity index (χ0v) is 20.4. The van der Waals surface area contributed by atoms with E-state index in [9.17, 15) is 31.6 Å². The predicted octanol–water partition coefficient (Wildman–Crippen LogP) is 2.38. The van der Waals surface area contributed by atoms with E-state index in [1.807, 2.05) is 0 Å². The fourth-order valence-electron chi connectivity index (χ4n) is 4.26. The van der Waals surface area contributed by atoms with E-state index in [0.29, 0.717) is 24.8 Å². The van der Waals surface area contributed by atoms with Crippen molar-refractivity contribution in [2.45, 2.75) is 67.6 Å². The minimum Gasteiger partial charge on any atom is -0.386 e. The van der Waals surface area contributed by atoms with Crippen LogP contribution in [0.3, 0.4) is 0 Å². The molecule has 6 N–H and O–H groups in total. The molecule has 1 aromatic rings. The first-order valence-electron chi connectivity index (χ1n) is 11.5. The summed E-state index contributed by atoms with van der Waals surface area (Å²) in [4.78, 5) is 15.0. The van der Waals surface area contributed by atoms with E-state index < -0.39 is 26.1 Å². The highest BCUT2D eigenvalue weighted by molar-refractivity contribution is 7.92. The quantitative estimate of drug-likeness (QED) is 0.218. The molecule has 2 aliphatic rings. The highest BCUT2D eigenvalue weighted by Crippen LogP contribution is 2.34. The van der Waals surface area contributed by atoms with Crippen LogP contribution >= 0.6 is 0 Å². The van der Waals surface area contributed by atoms with Gasteiger partial charge in [0.15, 0.2) is 0 Å². The van der Waals surface area contributed by atoms with E-state index in [4.69, 9.17) is 11.5 Å². The van der Waals surface area contributed by atoms with Crippen molar-refractivity contribution >= 4 is 27.3 Å². The van der Waals surface area contributed by atoms with Crippen LogP contribution in [0.25, 0.3) is 0 Å². The normalized spacial score (nSPS) is 24.6. The van der Waals surface area contributed by atoms with Crippen LogP contribution in [0.4, 0.5) is 18.9 Å². The third kappa shape index (κ3) is 6.55. The van der Waals surface area contributed by atoms with Crippen LogP contribution in [0.15, 0.2) is 45.9 Å². The van der Waals surface area contributed by atoms with Crippen LogP contribution < -0.4 is 22.1 Å². The van der Waals surface area contributed by atoms with Gasteiger partial charge in [-0.15, -0.1) is 0 Å². The van der Waals surface area contributed by atoms with Crippen LogP contribution in [0.2, 0.25) is 0 Å². The van der Waals surface area contributed by atoms with E-state index in [2.05, 4.69) is 28.6 Å². The summed E-state index contributed by atoms with van der Waals surface area (Å²) in [6.07, 6.45) is 5.94. The van der Waals surface area contributed by atoms with Crippen LogP contribution in [0, 0.1) is 23.2 Å². The largest absolute Gasteiger partial charge is 0.501 e. The number of halogens is 3. The topological polar surface area (TPSA) is 163 Å². The van der Waals surface area contributed by atoms with Crippen molar-refractivity contribution in [2.24, 2.45) is 28.3 Å². The lowest BCUT2D eigenvalue weighted by atomic mass is 9.82. The minimum absolute atomic E-state index is 0.0204. The average Bonchev–Trinajstić information content (AvgIpc) is 3.65. The summed E-state index contributed by atoms with van der Waals surface area (Å²) in [5, 5.41) is 16.3. The molecule has 0 heterocycles. The summed E-state index contributed by atoms with van der Waals surface area (Å²) in [7, 11) is -5.50. The molecule has 1 aromatic carbocycles. The van der Waals surface area contributed by atoms with Crippen molar-refractivity contribution in [1.82, 2.24) is 10.6 Å². The lowest BCUT2D eigenvalue weighted by Crippen LogP contribution is -2.47. The first kappa shape index (κ1) is 27.5. The Morgan fingerprint density at radius 1 is 1.19 bits per heavy atom. The number of nitrogens with two attached hydrogens (primary N) is 2. The Balaban J connectivity index is 1.69. The van der Waals surface area contributed by atoms with Gasteiger partial charge in [0.2, 0.25) is 0 Å². The average molecular weight is 527 g/mol. The Hall–Kier alpha value is -3.11.